The molecular formula is C21H23N3O4. The van der Waals surface area contributed by atoms with E-state index in [4.69, 9.17) is 0 Å². The van der Waals surface area contributed by atoms with Crippen molar-refractivity contribution in [3.8, 4) is 0 Å². The zero-order valence-electron chi connectivity index (χ0n) is 16.0. The number of amides is 1. The van der Waals surface area contributed by atoms with Crippen LogP contribution in [0.3, 0.4) is 0 Å². The zero-order valence-corrected chi connectivity index (χ0v) is 16.0. The molecule has 7 heteroatoms. The van der Waals surface area contributed by atoms with E-state index in [9.17, 15) is 19.7 Å². The number of hydrogen-bond acceptors (Lipinski definition) is 5. The van der Waals surface area contributed by atoms with E-state index in [0.29, 0.717) is 30.3 Å². The molecule has 146 valence electrons. The SMILES string of the molecule is CNc1ccc(C(=O)c2ccccc2C(=O)N2CCC[C@@H](C)C2)cc1[N+](=O)[O-]. The van der Waals surface area contributed by atoms with Crippen LogP contribution in [0.2, 0.25) is 0 Å². The van der Waals surface area contributed by atoms with Crippen LogP contribution in [0, 0.1) is 16.0 Å². The smallest absolute Gasteiger partial charge is 0.293 e. The highest BCUT2D eigenvalue weighted by Gasteiger charge is 2.26. The summed E-state index contributed by atoms with van der Waals surface area (Å²) in [7, 11) is 1.58. The van der Waals surface area contributed by atoms with E-state index in [-0.39, 0.29) is 22.7 Å². The number of hydrogen-bond donors (Lipinski definition) is 1. The minimum absolute atomic E-state index is 0.170. The average molecular weight is 381 g/mol. The van der Waals surface area contributed by atoms with Gasteiger partial charge in [0.25, 0.3) is 11.6 Å². The Morgan fingerprint density at radius 2 is 1.89 bits per heavy atom. The van der Waals surface area contributed by atoms with Gasteiger partial charge in [0.2, 0.25) is 0 Å². The molecule has 1 fully saturated rings. The van der Waals surface area contributed by atoms with Crippen molar-refractivity contribution in [1.29, 1.82) is 0 Å². The van der Waals surface area contributed by atoms with Crippen molar-refractivity contribution < 1.29 is 14.5 Å². The van der Waals surface area contributed by atoms with Crippen LogP contribution >= 0.6 is 0 Å². The van der Waals surface area contributed by atoms with Gasteiger partial charge in [0.1, 0.15) is 5.69 Å². The van der Waals surface area contributed by atoms with Crippen molar-refractivity contribution in [2.24, 2.45) is 5.92 Å². The van der Waals surface area contributed by atoms with Gasteiger partial charge in [-0.05, 0) is 37.0 Å². The Morgan fingerprint density at radius 3 is 2.54 bits per heavy atom. The van der Waals surface area contributed by atoms with Gasteiger partial charge in [-0.25, -0.2) is 0 Å². The maximum Gasteiger partial charge on any atom is 0.293 e. The number of piperidine rings is 1. The van der Waals surface area contributed by atoms with Crippen LogP contribution in [0.15, 0.2) is 42.5 Å². The number of nitrogens with one attached hydrogen (secondary N) is 1. The molecule has 1 amide bonds. The number of benzene rings is 2. The molecule has 0 saturated carbocycles. The fourth-order valence-electron chi connectivity index (χ4n) is 3.60. The predicted molar refractivity (Wildman–Crippen MR) is 107 cm³/mol. The Labute approximate surface area is 163 Å². The van der Waals surface area contributed by atoms with Gasteiger partial charge < -0.3 is 10.2 Å². The second-order valence-electron chi connectivity index (χ2n) is 7.11. The molecular weight excluding hydrogens is 358 g/mol. The van der Waals surface area contributed by atoms with E-state index in [1.54, 1.807) is 36.2 Å². The maximum atomic E-state index is 13.1. The standard InChI is InChI=1S/C21H23N3O4/c1-14-6-5-11-23(13-14)21(26)17-8-4-3-7-16(17)20(25)15-9-10-18(22-2)19(12-15)24(27)28/h3-4,7-10,12,14,22H,5-6,11,13H2,1-2H3/t14-/m1/s1. The van der Waals surface area contributed by atoms with Gasteiger partial charge >= 0.3 is 0 Å². The van der Waals surface area contributed by atoms with Gasteiger partial charge in [-0.3, -0.25) is 19.7 Å². The van der Waals surface area contributed by atoms with Crippen molar-refractivity contribution in [3.63, 3.8) is 0 Å². The van der Waals surface area contributed by atoms with Crippen LogP contribution in [0.4, 0.5) is 11.4 Å². The molecule has 0 aromatic heterocycles. The molecule has 1 saturated heterocycles. The molecule has 0 aliphatic carbocycles. The van der Waals surface area contributed by atoms with Crippen LogP contribution in [0.1, 0.15) is 46.0 Å². The minimum Gasteiger partial charge on any atom is -0.383 e. The second kappa shape index (κ2) is 8.21. The van der Waals surface area contributed by atoms with Crippen molar-refractivity contribution in [3.05, 3.63) is 69.3 Å². The van der Waals surface area contributed by atoms with Crippen molar-refractivity contribution in [2.75, 3.05) is 25.5 Å². The fourth-order valence-corrected chi connectivity index (χ4v) is 3.60. The summed E-state index contributed by atoms with van der Waals surface area (Å²) < 4.78 is 0. The van der Waals surface area contributed by atoms with Gasteiger partial charge in [-0.1, -0.05) is 25.1 Å². The summed E-state index contributed by atoms with van der Waals surface area (Å²) in [4.78, 5) is 38.7. The van der Waals surface area contributed by atoms with Crippen LogP contribution in [0.25, 0.3) is 0 Å². The number of rotatable bonds is 5. The van der Waals surface area contributed by atoms with Crippen LogP contribution in [-0.2, 0) is 0 Å². The normalized spacial score (nSPS) is 16.5. The quantitative estimate of drug-likeness (QED) is 0.484. The lowest BCUT2D eigenvalue weighted by molar-refractivity contribution is -0.384. The lowest BCUT2D eigenvalue weighted by Gasteiger charge is -2.31. The van der Waals surface area contributed by atoms with Crippen molar-refractivity contribution in [2.45, 2.75) is 19.8 Å². The first-order valence-electron chi connectivity index (χ1n) is 9.31. The van der Waals surface area contributed by atoms with Gasteiger partial charge in [0, 0.05) is 37.3 Å². The molecule has 1 heterocycles. The summed E-state index contributed by atoms with van der Waals surface area (Å²) in [6, 6.07) is 10.9. The van der Waals surface area contributed by atoms with Crippen molar-refractivity contribution in [1.82, 2.24) is 4.90 Å². The summed E-state index contributed by atoms with van der Waals surface area (Å²) in [6.07, 6.45) is 2.03. The number of ketones is 1. The molecule has 1 aliphatic rings. The number of nitro benzene ring substituents is 1. The van der Waals surface area contributed by atoms with Crippen LogP contribution in [-0.4, -0.2) is 41.7 Å². The lowest BCUT2D eigenvalue weighted by atomic mass is 9.95. The van der Waals surface area contributed by atoms with Gasteiger partial charge in [0.15, 0.2) is 5.78 Å². The van der Waals surface area contributed by atoms with E-state index in [0.717, 1.165) is 12.8 Å². The topological polar surface area (TPSA) is 92.6 Å². The van der Waals surface area contributed by atoms with Crippen LogP contribution in [0.5, 0.6) is 0 Å². The average Bonchev–Trinajstić information content (AvgIpc) is 2.72. The Bertz CT molecular complexity index is 926. The molecule has 2 aromatic rings. The zero-order chi connectivity index (χ0) is 20.3. The molecule has 2 aromatic carbocycles. The first-order valence-corrected chi connectivity index (χ1v) is 9.31. The summed E-state index contributed by atoms with van der Waals surface area (Å²) in [5.41, 5.74) is 0.923. The Balaban J connectivity index is 1.96. The molecule has 1 N–H and O–H groups in total. The monoisotopic (exact) mass is 381 g/mol. The predicted octanol–water partition coefficient (Wildman–Crippen LogP) is 3.74. The molecule has 7 nitrogen and oxygen atoms in total. The number of nitro groups is 1. The Hall–Kier alpha value is -3.22. The first kappa shape index (κ1) is 19.5. The third-order valence-corrected chi connectivity index (χ3v) is 5.07. The van der Waals surface area contributed by atoms with Gasteiger partial charge in [-0.15, -0.1) is 0 Å². The highest BCUT2D eigenvalue weighted by atomic mass is 16.6. The minimum atomic E-state index is -0.533. The third kappa shape index (κ3) is 3.88. The van der Waals surface area contributed by atoms with E-state index < -0.39 is 10.7 Å². The third-order valence-electron chi connectivity index (χ3n) is 5.07. The number of carbonyl (C=O) groups is 2. The van der Waals surface area contributed by atoms with E-state index >= 15 is 0 Å². The second-order valence-corrected chi connectivity index (χ2v) is 7.11. The lowest BCUT2D eigenvalue weighted by Crippen LogP contribution is -2.39. The largest absolute Gasteiger partial charge is 0.383 e. The first-order chi connectivity index (χ1) is 13.4. The fraction of sp³-hybridized carbons (Fsp3) is 0.333. The molecule has 3 rings (SSSR count). The Morgan fingerprint density at radius 1 is 1.18 bits per heavy atom. The van der Waals surface area contributed by atoms with E-state index in [1.165, 1.54) is 18.2 Å². The molecule has 0 unspecified atom stereocenters. The molecule has 0 spiro atoms. The molecule has 1 aliphatic heterocycles. The summed E-state index contributed by atoms with van der Waals surface area (Å²) in [5, 5.41) is 14.0. The van der Waals surface area contributed by atoms with E-state index in [2.05, 4.69) is 12.2 Å². The highest BCUT2D eigenvalue weighted by molar-refractivity contribution is 6.15. The summed E-state index contributed by atoms with van der Waals surface area (Å²) >= 11 is 0. The van der Waals surface area contributed by atoms with Crippen LogP contribution < -0.4 is 5.32 Å². The molecule has 0 bridgehead atoms. The number of nitrogens with zero attached hydrogens (tertiary/aromatic N) is 2. The molecule has 28 heavy (non-hydrogen) atoms. The highest BCUT2D eigenvalue weighted by Crippen LogP contribution is 2.27. The van der Waals surface area contributed by atoms with Gasteiger partial charge in [0.05, 0.1) is 10.5 Å². The van der Waals surface area contributed by atoms with Gasteiger partial charge in [-0.2, -0.15) is 0 Å². The van der Waals surface area contributed by atoms with E-state index in [1.807, 2.05) is 0 Å². The molecule has 0 radical (unpaired) electrons. The number of carbonyl (C=O) groups excluding carboxylic acids is 2. The molecule has 1 atom stereocenters. The number of likely N-dealkylation sites (tertiary alicyclic amines) is 1. The Kier molecular flexibility index (Phi) is 5.73. The summed E-state index contributed by atoms with van der Waals surface area (Å²) in [5.74, 6) is -0.145. The number of anilines is 1. The maximum absolute atomic E-state index is 13.1. The summed E-state index contributed by atoms with van der Waals surface area (Å²) in [6.45, 7) is 3.46. The van der Waals surface area contributed by atoms with Crippen molar-refractivity contribution >= 4 is 23.1 Å².